The van der Waals surface area contributed by atoms with Crippen molar-refractivity contribution in [2.45, 2.75) is 6.92 Å². The summed E-state index contributed by atoms with van der Waals surface area (Å²) in [5.41, 5.74) is 3.05. The minimum Gasteiger partial charge on any atom is -0.321 e. The lowest BCUT2D eigenvalue weighted by Gasteiger charge is -2.14. The predicted octanol–water partition coefficient (Wildman–Crippen LogP) is 5.47. The molecule has 0 aliphatic rings. The maximum Gasteiger partial charge on any atom is 0.258 e. The predicted molar refractivity (Wildman–Crippen MR) is 122 cm³/mol. The molecule has 0 bridgehead atoms. The van der Waals surface area contributed by atoms with E-state index in [1.807, 2.05) is 19.1 Å². The van der Waals surface area contributed by atoms with E-state index >= 15 is 0 Å². The smallest absolute Gasteiger partial charge is 0.258 e. The zero-order chi connectivity index (χ0) is 21.4. The zero-order valence-corrected chi connectivity index (χ0v) is 17.8. The third kappa shape index (κ3) is 3.58. The van der Waals surface area contributed by atoms with Crippen LogP contribution in [0.15, 0.2) is 65.7 Å². The highest BCUT2D eigenvalue weighted by Crippen LogP contribution is 2.39. The molecule has 0 aliphatic carbocycles. The Morgan fingerprint density at radius 2 is 1.90 bits per heavy atom. The monoisotopic (exact) mass is 437 g/mol. The molecule has 5 nitrogen and oxygen atoms in total. The van der Waals surface area contributed by atoms with E-state index < -0.39 is 0 Å². The molecular weight excluding hydrogens is 421 g/mol. The normalized spacial score (nSPS) is 10.9. The number of aromatic nitrogens is 2. The lowest BCUT2D eigenvalue weighted by atomic mass is 10.0. The van der Waals surface area contributed by atoms with E-state index in [9.17, 15) is 9.59 Å². The van der Waals surface area contributed by atoms with E-state index in [0.717, 1.165) is 16.5 Å². The summed E-state index contributed by atoms with van der Waals surface area (Å²) in [7, 11) is 1.68. The Morgan fingerprint density at radius 1 is 1.10 bits per heavy atom. The van der Waals surface area contributed by atoms with Crippen LogP contribution in [0, 0.1) is 6.92 Å². The van der Waals surface area contributed by atoms with Crippen LogP contribution < -0.4 is 10.9 Å². The highest BCUT2D eigenvalue weighted by atomic mass is 35.5. The summed E-state index contributed by atoms with van der Waals surface area (Å²) < 4.78 is 1.52. The minimum atomic E-state index is -0.301. The summed E-state index contributed by atoms with van der Waals surface area (Å²) in [5.74, 6) is -0.301. The Bertz CT molecular complexity index is 1360. The van der Waals surface area contributed by atoms with Crippen LogP contribution >= 0.6 is 23.2 Å². The number of carbonyl (C=O) groups is 1. The lowest BCUT2D eigenvalue weighted by Crippen LogP contribution is -2.19. The fourth-order valence-corrected chi connectivity index (χ4v) is 4.00. The van der Waals surface area contributed by atoms with Crippen molar-refractivity contribution in [1.82, 2.24) is 9.55 Å². The van der Waals surface area contributed by atoms with Gasteiger partial charge in [0.2, 0.25) is 0 Å². The molecular formula is C23H17Cl2N3O2. The van der Waals surface area contributed by atoms with Gasteiger partial charge >= 0.3 is 0 Å². The first-order chi connectivity index (χ1) is 14.4. The molecule has 1 N–H and O–H groups in total. The van der Waals surface area contributed by atoms with Crippen LogP contribution in [0.5, 0.6) is 0 Å². The van der Waals surface area contributed by atoms with Gasteiger partial charge in [-0.05, 0) is 43.3 Å². The number of anilines is 1. The SMILES string of the molecule is Cc1cccc(C(=O)Nc2ccc(Cl)c(-c3cc4cnccc4n(C)c3=O)c2Cl)c1. The topological polar surface area (TPSA) is 64.0 Å². The van der Waals surface area contributed by atoms with Crippen LogP contribution in [-0.4, -0.2) is 15.5 Å². The zero-order valence-electron chi connectivity index (χ0n) is 16.2. The Balaban J connectivity index is 1.83. The van der Waals surface area contributed by atoms with Crippen molar-refractivity contribution in [2.24, 2.45) is 7.05 Å². The number of nitrogens with zero attached hydrogens (tertiary/aromatic N) is 2. The summed E-state index contributed by atoms with van der Waals surface area (Å²) in [6.45, 7) is 1.91. The van der Waals surface area contributed by atoms with Gasteiger partial charge in [0.05, 0.1) is 26.8 Å². The standard InChI is InChI=1S/C23H17Cl2N3O2/c1-13-4-3-5-14(10-13)22(29)27-18-7-6-17(24)20(21(18)25)16-11-15-12-26-9-8-19(15)28(2)23(16)30/h3-12H,1-2H3,(H,27,29). The van der Waals surface area contributed by atoms with Gasteiger partial charge in [-0.2, -0.15) is 0 Å². The van der Waals surface area contributed by atoms with Gasteiger partial charge in [-0.25, -0.2) is 0 Å². The summed E-state index contributed by atoms with van der Waals surface area (Å²) in [6, 6.07) is 13.9. The molecule has 150 valence electrons. The average Bonchev–Trinajstić information content (AvgIpc) is 2.73. The Morgan fingerprint density at radius 3 is 2.67 bits per heavy atom. The van der Waals surface area contributed by atoms with Gasteiger partial charge in [-0.3, -0.25) is 14.6 Å². The van der Waals surface area contributed by atoms with Gasteiger partial charge < -0.3 is 9.88 Å². The maximum absolute atomic E-state index is 13.0. The summed E-state index contributed by atoms with van der Waals surface area (Å²) in [5, 5.41) is 4.10. The molecule has 1 amide bonds. The summed E-state index contributed by atoms with van der Waals surface area (Å²) in [4.78, 5) is 29.8. The number of nitrogens with one attached hydrogen (secondary N) is 1. The number of rotatable bonds is 3. The van der Waals surface area contributed by atoms with Crippen LogP contribution in [-0.2, 0) is 7.05 Å². The molecule has 0 saturated heterocycles. The number of hydrogen-bond donors (Lipinski definition) is 1. The molecule has 0 spiro atoms. The first-order valence-corrected chi connectivity index (χ1v) is 9.92. The van der Waals surface area contributed by atoms with Gasteiger partial charge in [-0.15, -0.1) is 0 Å². The molecule has 30 heavy (non-hydrogen) atoms. The molecule has 4 rings (SSSR count). The molecule has 0 unspecified atom stereocenters. The number of halogens is 2. The molecule has 2 aromatic heterocycles. The van der Waals surface area contributed by atoms with Crippen molar-refractivity contribution in [3.63, 3.8) is 0 Å². The number of hydrogen-bond acceptors (Lipinski definition) is 3. The van der Waals surface area contributed by atoms with E-state index in [1.165, 1.54) is 4.57 Å². The number of carbonyl (C=O) groups excluding carboxylic acids is 1. The highest BCUT2D eigenvalue weighted by molar-refractivity contribution is 6.41. The number of fused-ring (bicyclic) bond motifs is 1. The molecule has 0 saturated carbocycles. The van der Waals surface area contributed by atoms with Gasteiger partial charge in [0.15, 0.2) is 0 Å². The second kappa shape index (κ2) is 7.94. The minimum absolute atomic E-state index is 0.198. The number of amides is 1. The number of benzene rings is 2. The second-order valence-corrected chi connectivity index (χ2v) is 7.75. The third-order valence-electron chi connectivity index (χ3n) is 4.91. The van der Waals surface area contributed by atoms with Crippen LogP contribution in [0.3, 0.4) is 0 Å². The van der Waals surface area contributed by atoms with Crippen molar-refractivity contribution in [3.05, 3.63) is 92.5 Å². The first-order valence-electron chi connectivity index (χ1n) is 9.17. The molecule has 7 heteroatoms. The number of aryl methyl sites for hydroxylation is 2. The van der Waals surface area contributed by atoms with Crippen molar-refractivity contribution >= 4 is 45.7 Å². The fourth-order valence-electron chi connectivity index (χ4n) is 3.38. The average molecular weight is 438 g/mol. The summed E-state index contributed by atoms with van der Waals surface area (Å²) in [6.07, 6.45) is 3.30. The van der Waals surface area contributed by atoms with Crippen molar-refractivity contribution < 1.29 is 4.79 Å². The maximum atomic E-state index is 13.0. The quantitative estimate of drug-likeness (QED) is 0.462. The lowest BCUT2D eigenvalue weighted by molar-refractivity contribution is 0.102. The van der Waals surface area contributed by atoms with E-state index in [-0.39, 0.29) is 16.5 Å². The molecule has 0 atom stereocenters. The van der Waals surface area contributed by atoms with Gasteiger partial charge in [-0.1, -0.05) is 40.9 Å². The Kier molecular flexibility index (Phi) is 5.33. The molecule has 4 aromatic rings. The fraction of sp³-hybridized carbons (Fsp3) is 0.0870. The van der Waals surface area contributed by atoms with E-state index in [0.29, 0.717) is 27.4 Å². The molecule has 0 radical (unpaired) electrons. The number of pyridine rings is 2. The van der Waals surface area contributed by atoms with E-state index in [2.05, 4.69) is 10.3 Å². The van der Waals surface area contributed by atoms with Crippen molar-refractivity contribution in [1.29, 1.82) is 0 Å². The molecule has 0 aliphatic heterocycles. The van der Waals surface area contributed by atoms with Crippen molar-refractivity contribution in [2.75, 3.05) is 5.32 Å². The van der Waals surface area contributed by atoms with Gasteiger partial charge in [0, 0.05) is 36.0 Å². The van der Waals surface area contributed by atoms with Crippen molar-refractivity contribution in [3.8, 4) is 11.1 Å². The van der Waals surface area contributed by atoms with Crippen LogP contribution in [0.2, 0.25) is 10.0 Å². The highest BCUT2D eigenvalue weighted by Gasteiger charge is 2.19. The molecule has 0 fully saturated rings. The largest absolute Gasteiger partial charge is 0.321 e. The van der Waals surface area contributed by atoms with Crippen LogP contribution in [0.25, 0.3) is 22.0 Å². The van der Waals surface area contributed by atoms with Gasteiger partial charge in [0.1, 0.15) is 0 Å². The first kappa shape index (κ1) is 20.1. The Labute approximate surface area is 182 Å². The Hall–Kier alpha value is -3.15. The second-order valence-electron chi connectivity index (χ2n) is 6.96. The van der Waals surface area contributed by atoms with Crippen LogP contribution in [0.1, 0.15) is 15.9 Å². The van der Waals surface area contributed by atoms with Gasteiger partial charge in [0.25, 0.3) is 11.5 Å². The molecule has 2 heterocycles. The summed E-state index contributed by atoms with van der Waals surface area (Å²) >= 11 is 13.0. The van der Waals surface area contributed by atoms with E-state index in [4.69, 9.17) is 23.2 Å². The van der Waals surface area contributed by atoms with Crippen LogP contribution in [0.4, 0.5) is 5.69 Å². The molecule has 2 aromatic carbocycles. The third-order valence-corrected chi connectivity index (χ3v) is 5.62. The van der Waals surface area contributed by atoms with E-state index in [1.54, 1.807) is 55.8 Å².